The molecule has 0 amide bonds. The van der Waals surface area contributed by atoms with Gasteiger partial charge in [0.25, 0.3) is 8.32 Å². The summed E-state index contributed by atoms with van der Waals surface area (Å²) >= 11 is 0. The molecule has 0 aromatic heterocycles. The van der Waals surface area contributed by atoms with Gasteiger partial charge in [-0.25, -0.2) is 0 Å². The van der Waals surface area contributed by atoms with Crippen LogP contribution in [0.3, 0.4) is 0 Å². The molecule has 3 heteroatoms. The van der Waals surface area contributed by atoms with E-state index in [0.29, 0.717) is 0 Å². The maximum Gasteiger partial charge on any atom is 0.250 e. The minimum atomic E-state index is -1.90. The third-order valence-corrected chi connectivity index (χ3v) is 8.84. The van der Waals surface area contributed by atoms with Crippen LogP contribution < -0.4 is 9.16 Å². The average Bonchev–Trinajstić information content (AvgIpc) is 2.53. The van der Waals surface area contributed by atoms with E-state index in [2.05, 4.69) is 45.7 Å². The van der Waals surface area contributed by atoms with Gasteiger partial charge in [-0.3, -0.25) is 0 Å². The summed E-state index contributed by atoms with van der Waals surface area (Å²) in [5, 5.41) is 0.149. The summed E-state index contributed by atoms with van der Waals surface area (Å²) in [5.74, 6) is 8.10. The molecule has 2 nitrogen and oxygen atoms in total. The first-order chi connectivity index (χ1) is 11.2. The van der Waals surface area contributed by atoms with Crippen LogP contribution in [0, 0.1) is 11.8 Å². The lowest BCUT2D eigenvalue weighted by atomic mass is 10.1. The van der Waals surface area contributed by atoms with Gasteiger partial charge >= 0.3 is 0 Å². The number of rotatable bonds is 3. The first kappa shape index (κ1) is 18.2. The third-order valence-electron chi connectivity index (χ3n) is 4.50. The Morgan fingerprint density at radius 1 is 0.792 bits per heavy atom. The van der Waals surface area contributed by atoms with Crippen LogP contribution in [-0.2, 0) is 0 Å². The molecule has 0 radical (unpaired) electrons. The van der Waals surface area contributed by atoms with Gasteiger partial charge in [0.05, 0.1) is 18.2 Å². The Morgan fingerprint density at radius 2 is 1.25 bits per heavy atom. The molecule has 0 spiro atoms. The van der Waals surface area contributed by atoms with Crippen LogP contribution in [0.25, 0.3) is 0 Å². The lowest BCUT2D eigenvalue weighted by molar-refractivity contribution is 0.413. The molecule has 0 fully saturated rings. The maximum atomic E-state index is 6.45. The molecule has 0 unspecified atom stereocenters. The molecule has 0 N–H and O–H groups in total. The fraction of sp³-hybridized carbons (Fsp3) is 0.333. The van der Waals surface area contributed by atoms with E-state index in [0.717, 1.165) is 22.6 Å². The molecule has 0 atom stereocenters. The quantitative estimate of drug-likeness (QED) is 0.545. The second-order valence-corrected chi connectivity index (χ2v) is 12.0. The normalized spacial score (nSPS) is 11.4. The Morgan fingerprint density at radius 3 is 1.75 bits per heavy atom. The summed E-state index contributed by atoms with van der Waals surface area (Å²) < 4.78 is 11.8. The van der Waals surface area contributed by atoms with Crippen molar-refractivity contribution in [3.05, 3.63) is 59.7 Å². The second-order valence-electron chi connectivity index (χ2n) is 7.31. The van der Waals surface area contributed by atoms with E-state index in [4.69, 9.17) is 9.16 Å². The topological polar surface area (TPSA) is 18.5 Å². The van der Waals surface area contributed by atoms with E-state index in [1.54, 1.807) is 7.11 Å². The molecule has 2 aromatic rings. The number of benzene rings is 2. The largest absolute Gasteiger partial charge is 0.543 e. The van der Waals surface area contributed by atoms with Crippen molar-refractivity contribution in [2.75, 3.05) is 7.11 Å². The third kappa shape index (κ3) is 4.21. The zero-order valence-corrected chi connectivity index (χ0v) is 16.4. The number of hydrogen-bond acceptors (Lipinski definition) is 2. The smallest absolute Gasteiger partial charge is 0.250 e. The van der Waals surface area contributed by atoms with Crippen LogP contribution in [0.4, 0.5) is 0 Å². The van der Waals surface area contributed by atoms with Crippen molar-refractivity contribution in [2.24, 2.45) is 0 Å². The predicted octanol–water partition coefficient (Wildman–Crippen LogP) is 5.48. The standard InChI is InChI=1S/C21H26O2Si/c1-21(2,3)24(5,6)23-20-14-10-8-12-18(20)16-15-17-11-7-9-13-19(17)22-4/h7-14H,1-6H3. The van der Waals surface area contributed by atoms with Gasteiger partial charge in [0.2, 0.25) is 0 Å². The van der Waals surface area contributed by atoms with Gasteiger partial charge < -0.3 is 9.16 Å². The minimum Gasteiger partial charge on any atom is -0.543 e. The Kier molecular flexibility index (Phi) is 5.41. The number of para-hydroxylation sites is 2. The molecule has 0 aliphatic heterocycles. The molecular weight excluding hydrogens is 312 g/mol. The van der Waals surface area contributed by atoms with Crippen LogP contribution >= 0.6 is 0 Å². The number of hydrogen-bond donors (Lipinski definition) is 0. The Labute approximate surface area is 147 Å². The highest BCUT2D eigenvalue weighted by molar-refractivity contribution is 6.74. The molecule has 0 aliphatic rings. The van der Waals surface area contributed by atoms with Crippen LogP contribution in [0.2, 0.25) is 18.1 Å². The zero-order valence-electron chi connectivity index (χ0n) is 15.4. The summed E-state index contributed by atoms with van der Waals surface area (Å²) in [4.78, 5) is 0. The van der Waals surface area contributed by atoms with Crippen LogP contribution in [0.1, 0.15) is 31.9 Å². The summed E-state index contributed by atoms with van der Waals surface area (Å²) in [6, 6.07) is 15.8. The average molecular weight is 339 g/mol. The van der Waals surface area contributed by atoms with Crippen molar-refractivity contribution in [1.82, 2.24) is 0 Å². The summed E-state index contributed by atoms with van der Waals surface area (Å²) in [6.07, 6.45) is 0. The van der Waals surface area contributed by atoms with E-state index in [1.807, 2.05) is 48.5 Å². The van der Waals surface area contributed by atoms with Gasteiger partial charge in [-0.1, -0.05) is 56.9 Å². The highest BCUT2D eigenvalue weighted by Crippen LogP contribution is 2.38. The van der Waals surface area contributed by atoms with Crippen molar-refractivity contribution >= 4 is 8.32 Å². The van der Waals surface area contributed by atoms with E-state index < -0.39 is 8.32 Å². The van der Waals surface area contributed by atoms with E-state index >= 15 is 0 Å². The molecule has 0 aliphatic carbocycles. The highest BCUT2D eigenvalue weighted by Gasteiger charge is 2.39. The van der Waals surface area contributed by atoms with Crippen LogP contribution in [0.15, 0.2) is 48.5 Å². The maximum absolute atomic E-state index is 6.45. The SMILES string of the molecule is COc1ccccc1C#Cc1ccccc1O[Si](C)(C)C(C)(C)C. The van der Waals surface area contributed by atoms with Crippen molar-refractivity contribution in [3.8, 4) is 23.3 Å². The zero-order chi connectivity index (χ0) is 17.8. The molecule has 0 saturated carbocycles. The predicted molar refractivity (Wildman–Crippen MR) is 103 cm³/mol. The van der Waals surface area contributed by atoms with E-state index in [9.17, 15) is 0 Å². The van der Waals surface area contributed by atoms with Crippen molar-refractivity contribution < 1.29 is 9.16 Å². The monoisotopic (exact) mass is 338 g/mol. The molecule has 24 heavy (non-hydrogen) atoms. The molecule has 0 bridgehead atoms. The van der Waals surface area contributed by atoms with Crippen molar-refractivity contribution in [1.29, 1.82) is 0 Å². The molecule has 2 rings (SSSR count). The number of ether oxygens (including phenoxy) is 1. The van der Waals surface area contributed by atoms with Crippen LogP contribution in [0.5, 0.6) is 11.5 Å². The second kappa shape index (κ2) is 7.15. The Bertz CT molecular complexity index is 761. The molecule has 2 aromatic carbocycles. The van der Waals surface area contributed by atoms with Gasteiger partial charge in [0.15, 0.2) is 0 Å². The highest BCUT2D eigenvalue weighted by atomic mass is 28.4. The van der Waals surface area contributed by atoms with Gasteiger partial charge in [0, 0.05) is 0 Å². The lowest BCUT2D eigenvalue weighted by Gasteiger charge is -2.36. The summed E-state index contributed by atoms with van der Waals surface area (Å²) in [5.41, 5.74) is 1.79. The van der Waals surface area contributed by atoms with E-state index in [-0.39, 0.29) is 5.04 Å². The van der Waals surface area contributed by atoms with Crippen LogP contribution in [-0.4, -0.2) is 15.4 Å². The fourth-order valence-electron chi connectivity index (χ4n) is 1.97. The van der Waals surface area contributed by atoms with Crippen molar-refractivity contribution in [3.63, 3.8) is 0 Å². The fourth-order valence-corrected chi connectivity index (χ4v) is 3.00. The Hall–Kier alpha value is -2.18. The lowest BCUT2D eigenvalue weighted by Crippen LogP contribution is -2.44. The summed E-state index contributed by atoms with van der Waals surface area (Å²) in [6.45, 7) is 11.2. The molecular formula is C21H26O2Si. The van der Waals surface area contributed by atoms with Gasteiger partial charge in [-0.2, -0.15) is 0 Å². The van der Waals surface area contributed by atoms with E-state index in [1.165, 1.54) is 0 Å². The number of methoxy groups -OCH3 is 1. The Balaban J connectivity index is 2.36. The molecule has 0 heterocycles. The van der Waals surface area contributed by atoms with Gasteiger partial charge in [-0.05, 0) is 42.4 Å². The first-order valence-corrected chi connectivity index (χ1v) is 11.1. The van der Waals surface area contributed by atoms with Gasteiger partial charge in [0.1, 0.15) is 11.5 Å². The molecule has 126 valence electrons. The first-order valence-electron chi connectivity index (χ1n) is 8.18. The van der Waals surface area contributed by atoms with Gasteiger partial charge in [-0.15, -0.1) is 0 Å². The molecule has 0 saturated heterocycles. The van der Waals surface area contributed by atoms with Crippen molar-refractivity contribution in [2.45, 2.75) is 38.9 Å². The summed E-state index contributed by atoms with van der Waals surface area (Å²) in [7, 11) is -0.234. The minimum absolute atomic E-state index is 0.149.